The number of nitrogens with one attached hydrogen (secondary N) is 1. The topological polar surface area (TPSA) is 41.6 Å². The Labute approximate surface area is 129 Å². The highest BCUT2D eigenvalue weighted by atomic mass is 16.5. The minimum Gasteiger partial charge on any atom is -0.469 e. The standard InChI is InChI=1S/C17H32N2O2/c1-13(2)7-8-18-16-9-15(17(20)21-3)11-19(12-16)10-14-5-4-6-14/h13-16,18H,4-12H2,1-3H3. The molecule has 2 unspecified atom stereocenters. The smallest absolute Gasteiger partial charge is 0.310 e. The average molecular weight is 296 g/mol. The van der Waals surface area contributed by atoms with Crippen molar-refractivity contribution in [2.45, 2.75) is 52.0 Å². The number of carbonyl (C=O) groups excluding carboxylic acids is 1. The number of carbonyl (C=O) groups is 1. The molecule has 1 saturated carbocycles. The van der Waals surface area contributed by atoms with Crippen molar-refractivity contribution in [1.29, 1.82) is 0 Å². The molecule has 1 saturated heterocycles. The lowest BCUT2D eigenvalue weighted by Gasteiger charge is -2.40. The number of esters is 1. The summed E-state index contributed by atoms with van der Waals surface area (Å²) in [6.07, 6.45) is 6.23. The fraction of sp³-hybridized carbons (Fsp3) is 0.941. The van der Waals surface area contributed by atoms with Crippen molar-refractivity contribution in [1.82, 2.24) is 10.2 Å². The summed E-state index contributed by atoms with van der Waals surface area (Å²) in [4.78, 5) is 14.4. The molecule has 1 aliphatic heterocycles. The van der Waals surface area contributed by atoms with Gasteiger partial charge in [-0.15, -0.1) is 0 Å². The van der Waals surface area contributed by atoms with Gasteiger partial charge in [-0.25, -0.2) is 0 Å². The van der Waals surface area contributed by atoms with E-state index in [2.05, 4.69) is 24.1 Å². The molecule has 4 heteroatoms. The second kappa shape index (κ2) is 8.14. The van der Waals surface area contributed by atoms with Crippen LogP contribution in [0.15, 0.2) is 0 Å². The summed E-state index contributed by atoms with van der Waals surface area (Å²) in [5.41, 5.74) is 0. The van der Waals surface area contributed by atoms with E-state index in [4.69, 9.17) is 4.74 Å². The number of hydrogen-bond donors (Lipinski definition) is 1. The molecule has 2 atom stereocenters. The molecule has 0 aromatic heterocycles. The van der Waals surface area contributed by atoms with Crippen LogP contribution in [0.1, 0.15) is 46.0 Å². The van der Waals surface area contributed by atoms with Crippen LogP contribution in [0.5, 0.6) is 0 Å². The molecule has 21 heavy (non-hydrogen) atoms. The number of ether oxygens (including phenoxy) is 1. The highest BCUT2D eigenvalue weighted by molar-refractivity contribution is 5.72. The lowest BCUT2D eigenvalue weighted by atomic mass is 9.84. The van der Waals surface area contributed by atoms with Crippen LogP contribution in [-0.2, 0) is 9.53 Å². The number of piperidine rings is 1. The first-order chi connectivity index (χ1) is 10.1. The van der Waals surface area contributed by atoms with Crippen molar-refractivity contribution in [3.63, 3.8) is 0 Å². The maximum atomic E-state index is 11.9. The largest absolute Gasteiger partial charge is 0.469 e. The number of hydrogen-bond acceptors (Lipinski definition) is 4. The lowest BCUT2D eigenvalue weighted by Crippen LogP contribution is -2.52. The normalized spacial score (nSPS) is 27.6. The van der Waals surface area contributed by atoms with E-state index in [-0.39, 0.29) is 11.9 Å². The van der Waals surface area contributed by atoms with Gasteiger partial charge < -0.3 is 15.0 Å². The number of nitrogens with zero attached hydrogens (tertiary/aromatic N) is 1. The predicted octanol–water partition coefficient (Wildman–Crippen LogP) is 2.29. The van der Waals surface area contributed by atoms with Crippen LogP contribution in [0.2, 0.25) is 0 Å². The quantitative estimate of drug-likeness (QED) is 0.732. The molecule has 2 aliphatic rings. The van der Waals surface area contributed by atoms with E-state index in [0.29, 0.717) is 6.04 Å². The van der Waals surface area contributed by atoms with Crippen LogP contribution in [0.4, 0.5) is 0 Å². The van der Waals surface area contributed by atoms with E-state index in [1.54, 1.807) is 0 Å². The molecular formula is C17H32N2O2. The van der Waals surface area contributed by atoms with Crippen molar-refractivity contribution in [2.75, 3.05) is 33.3 Å². The maximum absolute atomic E-state index is 11.9. The Balaban J connectivity index is 1.84. The van der Waals surface area contributed by atoms with Crippen molar-refractivity contribution in [2.24, 2.45) is 17.8 Å². The van der Waals surface area contributed by atoms with Gasteiger partial charge in [-0.2, -0.15) is 0 Å². The Morgan fingerprint density at radius 1 is 1.33 bits per heavy atom. The molecular weight excluding hydrogens is 264 g/mol. The second-order valence-electron chi connectivity index (χ2n) is 7.30. The molecule has 0 aromatic carbocycles. The zero-order valence-corrected chi connectivity index (χ0v) is 13.9. The van der Waals surface area contributed by atoms with Gasteiger partial charge in [0.2, 0.25) is 0 Å². The van der Waals surface area contributed by atoms with E-state index in [9.17, 15) is 4.79 Å². The number of likely N-dealkylation sites (tertiary alicyclic amines) is 1. The highest BCUT2D eigenvalue weighted by Gasteiger charge is 2.33. The predicted molar refractivity (Wildman–Crippen MR) is 85.1 cm³/mol. The Hall–Kier alpha value is -0.610. The summed E-state index contributed by atoms with van der Waals surface area (Å²) in [7, 11) is 1.51. The van der Waals surface area contributed by atoms with E-state index < -0.39 is 0 Å². The molecule has 0 aromatic rings. The molecule has 2 rings (SSSR count). The van der Waals surface area contributed by atoms with Gasteiger partial charge in [0.05, 0.1) is 13.0 Å². The molecule has 1 N–H and O–H groups in total. The summed E-state index contributed by atoms with van der Waals surface area (Å²) in [6, 6.07) is 0.432. The molecule has 0 spiro atoms. The number of rotatable bonds is 7. The Bertz CT molecular complexity index is 329. The van der Waals surface area contributed by atoms with Gasteiger partial charge in [0, 0.05) is 25.7 Å². The van der Waals surface area contributed by atoms with E-state index in [0.717, 1.165) is 44.4 Å². The molecule has 122 valence electrons. The van der Waals surface area contributed by atoms with Crippen LogP contribution >= 0.6 is 0 Å². The van der Waals surface area contributed by atoms with Gasteiger partial charge >= 0.3 is 5.97 Å². The summed E-state index contributed by atoms with van der Waals surface area (Å²) in [5, 5.41) is 3.65. The Morgan fingerprint density at radius 2 is 2.10 bits per heavy atom. The van der Waals surface area contributed by atoms with Crippen LogP contribution in [-0.4, -0.2) is 50.2 Å². The van der Waals surface area contributed by atoms with Gasteiger partial charge in [0.1, 0.15) is 0 Å². The van der Waals surface area contributed by atoms with Gasteiger partial charge in [-0.3, -0.25) is 4.79 Å². The van der Waals surface area contributed by atoms with Gasteiger partial charge in [-0.05, 0) is 44.1 Å². The van der Waals surface area contributed by atoms with Crippen LogP contribution in [0.25, 0.3) is 0 Å². The summed E-state index contributed by atoms with van der Waals surface area (Å²) >= 11 is 0. The van der Waals surface area contributed by atoms with Crippen LogP contribution < -0.4 is 5.32 Å². The van der Waals surface area contributed by atoms with Crippen molar-refractivity contribution >= 4 is 5.97 Å². The highest BCUT2D eigenvalue weighted by Crippen LogP contribution is 2.29. The minimum atomic E-state index is -0.0380. The van der Waals surface area contributed by atoms with Crippen LogP contribution in [0, 0.1) is 17.8 Å². The van der Waals surface area contributed by atoms with E-state index in [1.165, 1.54) is 32.8 Å². The van der Waals surface area contributed by atoms with E-state index >= 15 is 0 Å². The average Bonchev–Trinajstić information content (AvgIpc) is 2.41. The van der Waals surface area contributed by atoms with Gasteiger partial charge in [0.25, 0.3) is 0 Å². The molecule has 0 bridgehead atoms. The van der Waals surface area contributed by atoms with Gasteiger partial charge in [-0.1, -0.05) is 20.3 Å². The first-order valence-corrected chi connectivity index (χ1v) is 8.62. The first kappa shape index (κ1) is 16.8. The second-order valence-corrected chi connectivity index (χ2v) is 7.30. The monoisotopic (exact) mass is 296 g/mol. The molecule has 1 aliphatic carbocycles. The third-order valence-electron chi connectivity index (χ3n) is 4.96. The fourth-order valence-corrected chi connectivity index (χ4v) is 3.44. The molecule has 0 amide bonds. The summed E-state index contributed by atoms with van der Waals surface area (Å²) in [6.45, 7) is 8.68. The molecule has 1 heterocycles. The third kappa shape index (κ3) is 5.26. The summed E-state index contributed by atoms with van der Waals surface area (Å²) < 4.78 is 4.98. The lowest BCUT2D eigenvalue weighted by molar-refractivity contribution is -0.148. The summed E-state index contributed by atoms with van der Waals surface area (Å²) in [5.74, 6) is 1.59. The Morgan fingerprint density at radius 3 is 2.67 bits per heavy atom. The molecule has 4 nitrogen and oxygen atoms in total. The number of methoxy groups -OCH3 is 1. The van der Waals surface area contributed by atoms with Crippen LogP contribution in [0.3, 0.4) is 0 Å². The van der Waals surface area contributed by atoms with Crippen molar-refractivity contribution in [3.8, 4) is 0 Å². The fourth-order valence-electron chi connectivity index (χ4n) is 3.44. The minimum absolute atomic E-state index is 0.0380. The van der Waals surface area contributed by atoms with E-state index in [1.807, 2.05) is 0 Å². The third-order valence-corrected chi connectivity index (χ3v) is 4.96. The zero-order valence-electron chi connectivity index (χ0n) is 13.9. The zero-order chi connectivity index (χ0) is 15.2. The van der Waals surface area contributed by atoms with Crippen molar-refractivity contribution in [3.05, 3.63) is 0 Å². The Kier molecular flexibility index (Phi) is 6.49. The molecule has 2 fully saturated rings. The molecule has 0 radical (unpaired) electrons. The SMILES string of the molecule is COC(=O)C1CC(NCCC(C)C)CN(CC2CCC2)C1. The van der Waals surface area contributed by atoms with Crippen molar-refractivity contribution < 1.29 is 9.53 Å². The first-order valence-electron chi connectivity index (χ1n) is 8.62. The van der Waals surface area contributed by atoms with Gasteiger partial charge in [0.15, 0.2) is 0 Å². The maximum Gasteiger partial charge on any atom is 0.310 e.